The number of nitrogens with two attached hydrogens (primary N) is 1. The molecule has 0 spiro atoms. The van der Waals surface area contributed by atoms with Gasteiger partial charge in [-0.15, -0.1) is 0 Å². The molecule has 0 fully saturated rings. The van der Waals surface area contributed by atoms with Gasteiger partial charge in [-0.25, -0.2) is 8.42 Å². The quantitative estimate of drug-likeness (QED) is 0.828. The Morgan fingerprint density at radius 3 is 2.28 bits per heavy atom. The van der Waals surface area contributed by atoms with Gasteiger partial charge in [0, 0.05) is 6.04 Å². The molecule has 1 aromatic carbocycles. The van der Waals surface area contributed by atoms with Gasteiger partial charge in [0.15, 0.2) is 9.84 Å². The van der Waals surface area contributed by atoms with Crippen LogP contribution < -0.4 is 5.73 Å². The van der Waals surface area contributed by atoms with E-state index in [1.165, 1.54) is 0 Å². The van der Waals surface area contributed by atoms with Gasteiger partial charge >= 0.3 is 0 Å². The predicted octanol–water partition coefficient (Wildman–Crippen LogP) is 2.68. The van der Waals surface area contributed by atoms with Gasteiger partial charge in [0.2, 0.25) is 0 Å². The predicted molar refractivity (Wildman–Crippen MR) is 76.1 cm³/mol. The van der Waals surface area contributed by atoms with E-state index in [2.05, 4.69) is 0 Å². The average Bonchev–Trinajstić information content (AvgIpc) is 2.38. The average molecular weight is 269 g/mol. The minimum atomic E-state index is -3.11. The van der Waals surface area contributed by atoms with Crippen molar-refractivity contribution in [2.24, 2.45) is 5.73 Å². The van der Waals surface area contributed by atoms with E-state index in [0.717, 1.165) is 12.0 Å². The van der Waals surface area contributed by atoms with E-state index in [1.54, 1.807) is 0 Å². The van der Waals surface area contributed by atoms with Crippen molar-refractivity contribution in [3.05, 3.63) is 35.9 Å². The van der Waals surface area contributed by atoms with Gasteiger partial charge in [-0.2, -0.15) is 0 Å². The molecule has 0 bridgehead atoms. The van der Waals surface area contributed by atoms with E-state index in [4.69, 9.17) is 5.73 Å². The molecule has 0 aliphatic heterocycles. The molecule has 4 heteroatoms. The molecule has 0 aliphatic carbocycles. The summed E-state index contributed by atoms with van der Waals surface area (Å²) in [4.78, 5) is 0. The minimum Gasteiger partial charge on any atom is -0.323 e. The van der Waals surface area contributed by atoms with Crippen LogP contribution in [-0.4, -0.2) is 19.4 Å². The standard InChI is InChI=1S/C14H23NO2S/c1-3-5-11-18(16,17)13(4-2)14(15)12-9-7-6-8-10-12/h6-10,13-14H,3-5,11,15H2,1-2H3. The Morgan fingerprint density at radius 2 is 1.78 bits per heavy atom. The Kier molecular flexibility index (Phi) is 5.82. The maximum absolute atomic E-state index is 12.3. The molecule has 0 heterocycles. The van der Waals surface area contributed by atoms with E-state index in [-0.39, 0.29) is 5.75 Å². The fourth-order valence-electron chi connectivity index (χ4n) is 2.12. The summed E-state index contributed by atoms with van der Waals surface area (Å²) in [5, 5.41) is -0.480. The third-order valence-electron chi connectivity index (χ3n) is 3.23. The van der Waals surface area contributed by atoms with Crippen LogP contribution in [0.4, 0.5) is 0 Å². The van der Waals surface area contributed by atoms with E-state index < -0.39 is 21.1 Å². The number of unbranched alkanes of at least 4 members (excludes halogenated alkanes) is 1. The summed E-state index contributed by atoms with van der Waals surface area (Å²) in [6.45, 7) is 3.88. The molecule has 0 amide bonds. The van der Waals surface area contributed by atoms with E-state index in [9.17, 15) is 8.42 Å². The van der Waals surface area contributed by atoms with Crippen molar-refractivity contribution in [2.75, 3.05) is 5.75 Å². The van der Waals surface area contributed by atoms with Gasteiger partial charge in [-0.3, -0.25) is 0 Å². The monoisotopic (exact) mass is 269 g/mol. The molecule has 2 N–H and O–H groups in total. The second kappa shape index (κ2) is 6.90. The minimum absolute atomic E-state index is 0.239. The Balaban J connectivity index is 2.90. The molecular weight excluding hydrogens is 246 g/mol. The van der Waals surface area contributed by atoms with Crippen molar-refractivity contribution >= 4 is 9.84 Å². The van der Waals surface area contributed by atoms with Crippen molar-refractivity contribution < 1.29 is 8.42 Å². The highest BCUT2D eigenvalue weighted by atomic mass is 32.2. The van der Waals surface area contributed by atoms with Crippen LogP contribution in [-0.2, 0) is 9.84 Å². The normalized spacial score (nSPS) is 15.3. The van der Waals surface area contributed by atoms with Crippen molar-refractivity contribution in [1.82, 2.24) is 0 Å². The number of benzene rings is 1. The van der Waals surface area contributed by atoms with Crippen LogP contribution in [0.1, 0.15) is 44.7 Å². The third kappa shape index (κ3) is 3.82. The molecule has 2 atom stereocenters. The Hall–Kier alpha value is -0.870. The maximum atomic E-state index is 12.3. The smallest absolute Gasteiger partial charge is 0.155 e. The van der Waals surface area contributed by atoms with Crippen LogP contribution in [0.25, 0.3) is 0 Å². The van der Waals surface area contributed by atoms with Crippen LogP contribution in [0.2, 0.25) is 0 Å². The molecule has 0 aromatic heterocycles. The zero-order valence-corrected chi connectivity index (χ0v) is 12.0. The lowest BCUT2D eigenvalue weighted by Crippen LogP contribution is -2.34. The molecular formula is C14H23NO2S. The first-order valence-electron chi connectivity index (χ1n) is 6.55. The second-order valence-corrected chi connectivity index (χ2v) is 6.94. The van der Waals surface area contributed by atoms with Crippen LogP contribution in [0.3, 0.4) is 0 Å². The zero-order chi connectivity index (χ0) is 13.6. The highest BCUT2D eigenvalue weighted by Crippen LogP contribution is 2.23. The third-order valence-corrected chi connectivity index (χ3v) is 5.64. The van der Waals surface area contributed by atoms with Gasteiger partial charge in [0.25, 0.3) is 0 Å². The lowest BCUT2D eigenvalue weighted by atomic mass is 10.0. The molecule has 1 aromatic rings. The van der Waals surface area contributed by atoms with Gasteiger partial charge in [-0.05, 0) is 18.4 Å². The van der Waals surface area contributed by atoms with Crippen LogP contribution in [0, 0.1) is 0 Å². The highest BCUT2D eigenvalue weighted by Gasteiger charge is 2.29. The van der Waals surface area contributed by atoms with E-state index >= 15 is 0 Å². The van der Waals surface area contributed by atoms with Crippen molar-refractivity contribution in [2.45, 2.75) is 44.4 Å². The topological polar surface area (TPSA) is 60.2 Å². The molecule has 3 nitrogen and oxygen atoms in total. The molecule has 0 radical (unpaired) electrons. The van der Waals surface area contributed by atoms with E-state index in [0.29, 0.717) is 12.8 Å². The Morgan fingerprint density at radius 1 is 1.17 bits per heavy atom. The molecule has 102 valence electrons. The molecule has 1 rings (SSSR count). The molecule has 2 unspecified atom stereocenters. The first-order chi connectivity index (χ1) is 8.53. The fraction of sp³-hybridized carbons (Fsp3) is 0.571. The summed E-state index contributed by atoms with van der Waals surface area (Å²) in [6, 6.07) is 9.04. The number of hydrogen-bond acceptors (Lipinski definition) is 3. The first kappa shape index (κ1) is 15.2. The first-order valence-corrected chi connectivity index (χ1v) is 8.26. The van der Waals surface area contributed by atoms with Crippen LogP contribution in [0.5, 0.6) is 0 Å². The lowest BCUT2D eigenvalue weighted by Gasteiger charge is -2.23. The number of sulfone groups is 1. The van der Waals surface area contributed by atoms with Crippen molar-refractivity contribution in [3.63, 3.8) is 0 Å². The molecule has 0 aliphatic rings. The van der Waals surface area contributed by atoms with Crippen molar-refractivity contribution in [3.8, 4) is 0 Å². The fourth-order valence-corrected chi connectivity index (χ4v) is 4.22. The Labute approximate surface area is 110 Å². The molecule has 0 saturated heterocycles. The SMILES string of the molecule is CCCCS(=O)(=O)C(CC)C(N)c1ccccc1. The summed E-state index contributed by atoms with van der Waals surface area (Å²) in [5.41, 5.74) is 7.02. The second-order valence-electron chi connectivity index (χ2n) is 4.60. The molecule has 0 saturated carbocycles. The summed E-state index contributed by atoms with van der Waals surface area (Å²) < 4.78 is 24.5. The van der Waals surface area contributed by atoms with Gasteiger partial charge in [-0.1, -0.05) is 50.6 Å². The summed E-state index contributed by atoms with van der Waals surface area (Å²) in [7, 11) is -3.11. The van der Waals surface area contributed by atoms with Gasteiger partial charge in [0.1, 0.15) is 0 Å². The van der Waals surface area contributed by atoms with Gasteiger partial charge < -0.3 is 5.73 Å². The summed E-state index contributed by atoms with van der Waals surface area (Å²) >= 11 is 0. The van der Waals surface area contributed by atoms with Crippen LogP contribution >= 0.6 is 0 Å². The van der Waals surface area contributed by atoms with E-state index in [1.807, 2.05) is 44.2 Å². The number of rotatable bonds is 7. The maximum Gasteiger partial charge on any atom is 0.155 e. The van der Waals surface area contributed by atoms with Crippen molar-refractivity contribution in [1.29, 1.82) is 0 Å². The Bertz CT molecular complexity index is 442. The lowest BCUT2D eigenvalue weighted by molar-refractivity contribution is 0.545. The summed E-state index contributed by atoms with van der Waals surface area (Å²) in [5.74, 6) is 0.239. The zero-order valence-electron chi connectivity index (χ0n) is 11.2. The largest absolute Gasteiger partial charge is 0.323 e. The van der Waals surface area contributed by atoms with Crippen LogP contribution in [0.15, 0.2) is 30.3 Å². The molecule has 18 heavy (non-hydrogen) atoms. The number of hydrogen-bond donors (Lipinski definition) is 1. The summed E-state index contributed by atoms with van der Waals surface area (Å²) in [6.07, 6.45) is 2.15. The van der Waals surface area contributed by atoms with Gasteiger partial charge in [0.05, 0.1) is 11.0 Å². The highest BCUT2D eigenvalue weighted by molar-refractivity contribution is 7.92.